The van der Waals surface area contributed by atoms with Crippen LogP contribution in [0.2, 0.25) is 0 Å². The van der Waals surface area contributed by atoms with Gasteiger partial charge in [0.25, 0.3) is 0 Å². The molecule has 4 rings (SSSR count). The summed E-state index contributed by atoms with van der Waals surface area (Å²) in [7, 11) is 0. The van der Waals surface area contributed by atoms with Gasteiger partial charge in [-0.2, -0.15) is 10.2 Å². The molecule has 0 saturated heterocycles. The Hall–Kier alpha value is -3.74. The van der Waals surface area contributed by atoms with E-state index in [1.165, 1.54) is 12.1 Å². The van der Waals surface area contributed by atoms with Gasteiger partial charge < -0.3 is 5.73 Å². The van der Waals surface area contributed by atoms with Gasteiger partial charge in [-0.25, -0.2) is 4.39 Å². The fourth-order valence-corrected chi connectivity index (χ4v) is 3.81. The summed E-state index contributed by atoms with van der Waals surface area (Å²) in [6.45, 7) is 2.27. The summed E-state index contributed by atoms with van der Waals surface area (Å²) in [6.07, 6.45) is 7.04. The van der Waals surface area contributed by atoms with Crippen LogP contribution in [0.1, 0.15) is 24.6 Å². The van der Waals surface area contributed by atoms with Crippen LogP contribution >= 0.6 is 0 Å². The van der Waals surface area contributed by atoms with Crippen molar-refractivity contribution in [2.75, 3.05) is 6.54 Å². The third-order valence-electron chi connectivity index (χ3n) is 5.16. The van der Waals surface area contributed by atoms with Crippen molar-refractivity contribution in [2.45, 2.75) is 18.8 Å². The van der Waals surface area contributed by atoms with Crippen molar-refractivity contribution in [3.05, 3.63) is 89.8 Å². The van der Waals surface area contributed by atoms with Crippen LogP contribution in [0, 0.1) is 5.82 Å². The topological polar surface area (TPSA) is 94.1 Å². The summed E-state index contributed by atoms with van der Waals surface area (Å²) < 4.78 is 13.5. The number of amides is 1. The van der Waals surface area contributed by atoms with Crippen LogP contribution in [-0.4, -0.2) is 33.3 Å². The lowest BCUT2D eigenvalue weighted by Gasteiger charge is -2.32. The zero-order valence-corrected chi connectivity index (χ0v) is 16.4. The number of carbonyl (C=O) groups excluding carboxylic acids is 1. The highest BCUT2D eigenvalue weighted by atomic mass is 19.1. The number of hydrogen-bond acceptors (Lipinski definition) is 5. The average molecular weight is 401 g/mol. The molecule has 1 atom stereocenters. The van der Waals surface area contributed by atoms with Gasteiger partial charge in [-0.3, -0.25) is 14.8 Å². The Balaban J connectivity index is 1.70. The Bertz CT molecular complexity index is 1140. The Labute approximate surface area is 173 Å². The standard InChI is InChI=1S/C23H20FN5O/c1-15-10-23(11-21(25)30,14-27-22(15)18-7-8-28-29-13-18)20-6-5-17(12-26-20)16-3-2-4-19(24)9-16/h2-10,12-13H,11,14H2,1H3,(H2,25,30). The van der Waals surface area contributed by atoms with Crippen LogP contribution in [0.25, 0.3) is 11.1 Å². The second kappa shape index (κ2) is 7.94. The van der Waals surface area contributed by atoms with E-state index in [-0.39, 0.29) is 12.2 Å². The number of aromatic nitrogens is 3. The number of hydrogen-bond donors (Lipinski definition) is 1. The lowest BCUT2D eigenvalue weighted by molar-refractivity contribution is -0.118. The third kappa shape index (κ3) is 3.87. The molecule has 0 radical (unpaired) electrons. The van der Waals surface area contributed by atoms with E-state index in [1.807, 2.05) is 37.3 Å². The van der Waals surface area contributed by atoms with Gasteiger partial charge in [-0.1, -0.05) is 24.3 Å². The molecule has 7 heteroatoms. The lowest BCUT2D eigenvalue weighted by atomic mass is 9.76. The summed E-state index contributed by atoms with van der Waals surface area (Å²) >= 11 is 0. The minimum absolute atomic E-state index is 0.0853. The molecule has 3 heterocycles. The molecule has 30 heavy (non-hydrogen) atoms. The molecule has 0 saturated carbocycles. The van der Waals surface area contributed by atoms with E-state index >= 15 is 0 Å². The van der Waals surface area contributed by atoms with Gasteiger partial charge in [0.1, 0.15) is 5.82 Å². The number of pyridine rings is 1. The van der Waals surface area contributed by atoms with Crippen molar-refractivity contribution in [1.82, 2.24) is 15.2 Å². The number of halogens is 1. The van der Waals surface area contributed by atoms with Crippen molar-refractivity contribution in [1.29, 1.82) is 0 Å². The van der Waals surface area contributed by atoms with Crippen LogP contribution in [0.4, 0.5) is 4.39 Å². The maximum Gasteiger partial charge on any atom is 0.218 e. The first kappa shape index (κ1) is 19.6. The van der Waals surface area contributed by atoms with Crippen molar-refractivity contribution >= 4 is 11.6 Å². The molecule has 0 fully saturated rings. The number of aliphatic imine (C=N–C) groups is 1. The van der Waals surface area contributed by atoms with Crippen LogP contribution in [0.15, 0.2) is 77.7 Å². The van der Waals surface area contributed by atoms with Crippen LogP contribution in [-0.2, 0) is 10.2 Å². The quantitative estimate of drug-likeness (QED) is 0.710. The van der Waals surface area contributed by atoms with Crippen molar-refractivity contribution in [3.63, 3.8) is 0 Å². The van der Waals surface area contributed by atoms with E-state index in [9.17, 15) is 9.18 Å². The molecule has 0 aliphatic carbocycles. The number of nitrogens with zero attached hydrogens (tertiary/aromatic N) is 4. The highest BCUT2D eigenvalue weighted by molar-refractivity contribution is 6.12. The fourth-order valence-electron chi connectivity index (χ4n) is 3.81. The smallest absolute Gasteiger partial charge is 0.218 e. The maximum atomic E-state index is 13.5. The van der Waals surface area contributed by atoms with Gasteiger partial charge >= 0.3 is 0 Å². The molecule has 0 bridgehead atoms. The largest absolute Gasteiger partial charge is 0.370 e. The number of benzene rings is 1. The molecule has 1 amide bonds. The van der Waals surface area contributed by atoms with Gasteiger partial charge in [0.2, 0.25) is 5.91 Å². The number of nitrogens with two attached hydrogens (primary N) is 1. The Morgan fingerprint density at radius 1 is 1.10 bits per heavy atom. The zero-order chi connectivity index (χ0) is 21.1. The van der Waals surface area contributed by atoms with E-state index in [4.69, 9.17) is 10.7 Å². The first-order valence-electron chi connectivity index (χ1n) is 9.49. The van der Waals surface area contributed by atoms with Crippen LogP contribution in [0.3, 0.4) is 0 Å². The Morgan fingerprint density at radius 2 is 1.97 bits per heavy atom. The summed E-state index contributed by atoms with van der Waals surface area (Å²) in [5, 5.41) is 7.71. The molecule has 6 nitrogen and oxygen atoms in total. The van der Waals surface area contributed by atoms with E-state index in [1.54, 1.807) is 24.7 Å². The van der Waals surface area contributed by atoms with E-state index in [0.29, 0.717) is 12.2 Å². The van der Waals surface area contributed by atoms with Crippen molar-refractivity contribution in [3.8, 4) is 11.1 Å². The zero-order valence-electron chi connectivity index (χ0n) is 16.4. The molecule has 1 aliphatic rings. The Kier molecular flexibility index (Phi) is 5.18. The molecule has 150 valence electrons. The Morgan fingerprint density at radius 3 is 2.60 bits per heavy atom. The first-order valence-corrected chi connectivity index (χ1v) is 9.49. The molecule has 1 unspecified atom stereocenters. The normalized spacial score (nSPS) is 18.5. The lowest BCUT2D eigenvalue weighted by Crippen LogP contribution is -2.37. The minimum Gasteiger partial charge on any atom is -0.370 e. The molecular formula is C23H20FN5O. The maximum absolute atomic E-state index is 13.5. The molecule has 0 spiro atoms. The summed E-state index contributed by atoms with van der Waals surface area (Å²) in [6, 6.07) is 11.9. The van der Waals surface area contributed by atoms with Crippen molar-refractivity contribution < 1.29 is 9.18 Å². The summed E-state index contributed by atoms with van der Waals surface area (Å²) in [4.78, 5) is 21.2. The number of dihydropyridines is 1. The van der Waals surface area contributed by atoms with Crippen molar-refractivity contribution in [2.24, 2.45) is 10.7 Å². The van der Waals surface area contributed by atoms with Gasteiger partial charge in [-0.15, -0.1) is 0 Å². The fraction of sp³-hybridized carbons (Fsp3) is 0.174. The summed E-state index contributed by atoms with van der Waals surface area (Å²) in [5.74, 6) is -0.737. The monoisotopic (exact) mass is 401 g/mol. The molecule has 1 aliphatic heterocycles. The number of carbonyl (C=O) groups is 1. The minimum atomic E-state index is -0.736. The SMILES string of the molecule is CC1=CC(CC(N)=O)(c2ccc(-c3cccc(F)c3)cn2)CN=C1c1ccnnc1. The average Bonchev–Trinajstić information content (AvgIpc) is 2.74. The predicted molar refractivity (Wildman–Crippen MR) is 112 cm³/mol. The summed E-state index contributed by atoms with van der Waals surface area (Å²) in [5.41, 5.74) is 9.63. The van der Waals surface area contributed by atoms with Crippen LogP contribution < -0.4 is 5.73 Å². The second-order valence-corrected chi connectivity index (χ2v) is 7.36. The van der Waals surface area contributed by atoms with E-state index in [0.717, 1.165) is 28.0 Å². The third-order valence-corrected chi connectivity index (χ3v) is 5.16. The molecular weight excluding hydrogens is 381 g/mol. The van der Waals surface area contributed by atoms with Gasteiger partial charge in [0.05, 0.1) is 35.8 Å². The number of rotatable bonds is 5. The molecule has 2 aromatic heterocycles. The highest BCUT2D eigenvalue weighted by Gasteiger charge is 2.36. The van der Waals surface area contributed by atoms with E-state index < -0.39 is 11.3 Å². The molecule has 1 aromatic carbocycles. The highest BCUT2D eigenvalue weighted by Crippen LogP contribution is 2.35. The second-order valence-electron chi connectivity index (χ2n) is 7.36. The van der Waals surface area contributed by atoms with Gasteiger partial charge in [0, 0.05) is 23.7 Å². The molecule has 2 N–H and O–H groups in total. The first-order chi connectivity index (χ1) is 14.5. The van der Waals surface area contributed by atoms with Gasteiger partial charge in [0.15, 0.2) is 0 Å². The molecule has 3 aromatic rings. The number of primary amides is 1. The van der Waals surface area contributed by atoms with Gasteiger partial charge in [-0.05, 0) is 42.3 Å². The van der Waals surface area contributed by atoms with E-state index in [2.05, 4.69) is 15.2 Å². The number of allylic oxidation sites excluding steroid dienone is 1. The van der Waals surface area contributed by atoms with Crippen LogP contribution in [0.5, 0.6) is 0 Å². The predicted octanol–water partition coefficient (Wildman–Crippen LogP) is 3.24.